The standard InChI is InChI=1S/C18H22O3/c1-18-9-15(20)17-12-5-3-11(19)8-10(12)2-4-13(17)14(18)6-7-16(18)21/h2,4,11,14-15,19-20H,3,5-9H2,1H3/t11-,14-,15+,18-/m0/s1. The number of benzene rings is 1. The average Bonchev–Trinajstić information content (AvgIpc) is 2.74. The third kappa shape index (κ3) is 1.77. The summed E-state index contributed by atoms with van der Waals surface area (Å²) in [5.74, 6) is 0.575. The molecule has 0 bridgehead atoms. The molecule has 112 valence electrons. The number of rotatable bonds is 0. The Morgan fingerprint density at radius 1 is 1.19 bits per heavy atom. The molecule has 21 heavy (non-hydrogen) atoms. The molecular weight excluding hydrogens is 264 g/mol. The molecule has 0 radical (unpaired) electrons. The van der Waals surface area contributed by atoms with Gasteiger partial charge in [0.25, 0.3) is 0 Å². The summed E-state index contributed by atoms with van der Waals surface area (Å²) in [6, 6.07) is 4.22. The molecule has 0 saturated heterocycles. The minimum atomic E-state index is -0.534. The minimum absolute atomic E-state index is 0.255. The number of Topliss-reactive ketones (excluding diaryl/α,β-unsaturated/α-hetero) is 1. The van der Waals surface area contributed by atoms with Crippen molar-refractivity contribution < 1.29 is 15.0 Å². The fourth-order valence-corrected chi connectivity index (χ4v) is 4.91. The zero-order valence-electron chi connectivity index (χ0n) is 12.4. The summed E-state index contributed by atoms with van der Waals surface area (Å²) in [7, 11) is 0. The second kappa shape index (κ2) is 4.40. The Kier molecular flexibility index (Phi) is 2.82. The van der Waals surface area contributed by atoms with Crippen LogP contribution in [0.25, 0.3) is 0 Å². The molecule has 4 rings (SSSR count). The van der Waals surface area contributed by atoms with Gasteiger partial charge in [-0.05, 0) is 60.3 Å². The number of carbonyl (C=O) groups excluding carboxylic acids is 1. The van der Waals surface area contributed by atoms with Crippen molar-refractivity contribution in [2.24, 2.45) is 5.41 Å². The van der Waals surface area contributed by atoms with Gasteiger partial charge in [-0.1, -0.05) is 19.1 Å². The lowest BCUT2D eigenvalue weighted by molar-refractivity contribution is -0.127. The van der Waals surface area contributed by atoms with Crippen molar-refractivity contribution in [2.75, 3.05) is 0 Å². The molecule has 1 fully saturated rings. The van der Waals surface area contributed by atoms with E-state index >= 15 is 0 Å². The van der Waals surface area contributed by atoms with E-state index < -0.39 is 6.10 Å². The number of ketones is 1. The van der Waals surface area contributed by atoms with E-state index in [2.05, 4.69) is 12.1 Å². The molecule has 0 aliphatic heterocycles. The molecule has 0 heterocycles. The smallest absolute Gasteiger partial charge is 0.139 e. The van der Waals surface area contributed by atoms with E-state index in [1.165, 1.54) is 16.7 Å². The van der Waals surface area contributed by atoms with Gasteiger partial charge in [-0.3, -0.25) is 4.79 Å². The predicted molar refractivity (Wildman–Crippen MR) is 79.1 cm³/mol. The predicted octanol–water partition coefficient (Wildman–Crippen LogP) is 2.43. The molecule has 0 spiro atoms. The van der Waals surface area contributed by atoms with Crippen molar-refractivity contribution in [2.45, 2.75) is 63.6 Å². The van der Waals surface area contributed by atoms with Crippen LogP contribution in [0.3, 0.4) is 0 Å². The van der Waals surface area contributed by atoms with Gasteiger partial charge in [-0.2, -0.15) is 0 Å². The fraction of sp³-hybridized carbons (Fsp3) is 0.611. The van der Waals surface area contributed by atoms with Gasteiger partial charge in [0, 0.05) is 11.8 Å². The largest absolute Gasteiger partial charge is 0.393 e. The maximum atomic E-state index is 12.3. The first kappa shape index (κ1) is 13.5. The number of carbonyl (C=O) groups is 1. The molecule has 3 nitrogen and oxygen atoms in total. The molecule has 0 amide bonds. The highest BCUT2D eigenvalue weighted by molar-refractivity contribution is 5.88. The lowest BCUT2D eigenvalue weighted by Gasteiger charge is -2.41. The van der Waals surface area contributed by atoms with Crippen molar-refractivity contribution in [1.82, 2.24) is 0 Å². The Morgan fingerprint density at radius 2 is 2.00 bits per heavy atom. The van der Waals surface area contributed by atoms with Crippen molar-refractivity contribution in [1.29, 1.82) is 0 Å². The summed E-state index contributed by atoms with van der Waals surface area (Å²) in [6.07, 6.45) is 3.63. The molecule has 3 heteroatoms. The van der Waals surface area contributed by atoms with Crippen LogP contribution in [0.2, 0.25) is 0 Å². The highest BCUT2D eigenvalue weighted by Gasteiger charge is 2.52. The third-order valence-electron chi connectivity index (χ3n) is 6.06. The summed E-state index contributed by atoms with van der Waals surface area (Å²) in [4.78, 5) is 12.3. The van der Waals surface area contributed by atoms with Gasteiger partial charge >= 0.3 is 0 Å². The zero-order valence-corrected chi connectivity index (χ0v) is 12.4. The lowest BCUT2D eigenvalue weighted by Crippen LogP contribution is -2.36. The molecule has 4 atom stereocenters. The van der Waals surface area contributed by atoms with Crippen LogP contribution in [0.4, 0.5) is 0 Å². The first-order valence-electron chi connectivity index (χ1n) is 8.04. The van der Waals surface area contributed by atoms with Gasteiger partial charge in [-0.15, -0.1) is 0 Å². The van der Waals surface area contributed by atoms with Crippen LogP contribution in [0.5, 0.6) is 0 Å². The Balaban J connectivity index is 1.87. The molecule has 1 saturated carbocycles. The molecule has 0 unspecified atom stereocenters. The molecular formula is C18H22O3. The topological polar surface area (TPSA) is 57.5 Å². The number of hydrogen-bond acceptors (Lipinski definition) is 3. The third-order valence-corrected chi connectivity index (χ3v) is 6.06. The molecule has 1 aromatic carbocycles. The van der Waals surface area contributed by atoms with Gasteiger partial charge in [0.2, 0.25) is 0 Å². The second-order valence-corrected chi connectivity index (χ2v) is 7.25. The second-order valence-electron chi connectivity index (χ2n) is 7.25. The summed E-state index contributed by atoms with van der Waals surface area (Å²) in [5, 5.41) is 20.5. The van der Waals surface area contributed by atoms with Gasteiger partial charge in [0.15, 0.2) is 0 Å². The SMILES string of the molecule is C[C@]12C[C@@H](O)c3c(ccc4c3CC[C@H](O)C4)[C@@H]1CCC2=O. The summed E-state index contributed by atoms with van der Waals surface area (Å²) in [6.45, 7) is 2.03. The van der Waals surface area contributed by atoms with Crippen LogP contribution in [0.1, 0.15) is 66.9 Å². The van der Waals surface area contributed by atoms with E-state index in [1.807, 2.05) is 6.92 Å². The lowest BCUT2D eigenvalue weighted by atomic mass is 9.63. The number of aliphatic hydroxyl groups excluding tert-OH is 2. The van der Waals surface area contributed by atoms with Gasteiger partial charge in [0.05, 0.1) is 12.2 Å². The fourth-order valence-electron chi connectivity index (χ4n) is 4.91. The van der Waals surface area contributed by atoms with E-state index in [-0.39, 0.29) is 17.4 Å². The highest BCUT2D eigenvalue weighted by atomic mass is 16.3. The van der Waals surface area contributed by atoms with Crippen LogP contribution in [-0.4, -0.2) is 22.1 Å². The van der Waals surface area contributed by atoms with E-state index in [4.69, 9.17) is 0 Å². The maximum absolute atomic E-state index is 12.3. The minimum Gasteiger partial charge on any atom is -0.393 e. The van der Waals surface area contributed by atoms with Crippen LogP contribution >= 0.6 is 0 Å². The quantitative estimate of drug-likeness (QED) is 0.770. The van der Waals surface area contributed by atoms with Gasteiger partial charge in [-0.25, -0.2) is 0 Å². The van der Waals surface area contributed by atoms with E-state index in [1.54, 1.807) is 0 Å². The first-order chi connectivity index (χ1) is 10.0. The van der Waals surface area contributed by atoms with Crippen LogP contribution in [0, 0.1) is 5.41 Å². The molecule has 3 aliphatic rings. The van der Waals surface area contributed by atoms with Crippen LogP contribution in [0.15, 0.2) is 12.1 Å². The Hall–Kier alpha value is -1.19. The van der Waals surface area contributed by atoms with Crippen molar-refractivity contribution >= 4 is 5.78 Å². The molecule has 2 N–H and O–H groups in total. The van der Waals surface area contributed by atoms with Gasteiger partial charge in [0.1, 0.15) is 5.78 Å². The summed E-state index contributed by atoms with van der Waals surface area (Å²) >= 11 is 0. The zero-order chi connectivity index (χ0) is 14.8. The van der Waals surface area contributed by atoms with Crippen LogP contribution < -0.4 is 0 Å². The van der Waals surface area contributed by atoms with Gasteiger partial charge < -0.3 is 10.2 Å². The number of fused-ring (bicyclic) bond motifs is 5. The summed E-state index contributed by atoms with van der Waals surface area (Å²) in [5.41, 5.74) is 4.31. The molecule has 3 aliphatic carbocycles. The molecule has 0 aromatic heterocycles. The monoisotopic (exact) mass is 286 g/mol. The average molecular weight is 286 g/mol. The number of aliphatic hydroxyl groups is 2. The molecule has 1 aromatic rings. The van der Waals surface area contributed by atoms with E-state index in [0.29, 0.717) is 25.0 Å². The maximum Gasteiger partial charge on any atom is 0.139 e. The highest BCUT2D eigenvalue weighted by Crippen LogP contribution is 2.57. The summed E-state index contributed by atoms with van der Waals surface area (Å²) < 4.78 is 0. The van der Waals surface area contributed by atoms with Crippen LogP contribution in [-0.2, 0) is 17.6 Å². The Labute approximate surface area is 125 Å². The number of hydrogen-bond donors (Lipinski definition) is 2. The van der Waals surface area contributed by atoms with E-state index in [0.717, 1.165) is 24.8 Å². The Morgan fingerprint density at radius 3 is 2.81 bits per heavy atom. The van der Waals surface area contributed by atoms with Crippen molar-refractivity contribution in [3.05, 3.63) is 34.4 Å². The van der Waals surface area contributed by atoms with Crippen molar-refractivity contribution in [3.8, 4) is 0 Å². The first-order valence-corrected chi connectivity index (χ1v) is 8.04. The normalized spacial score (nSPS) is 37.9. The Bertz CT molecular complexity index is 621. The van der Waals surface area contributed by atoms with Crippen molar-refractivity contribution in [3.63, 3.8) is 0 Å². The van der Waals surface area contributed by atoms with E-state index in [9.17, 15) is 15.0 Å².